The van der Waals surface area contributed by atoms with Crippen LogP contribution in [-0.4, -0.2) is 38.5 Å². The minimum absolute atomic E-state index is 0.00144. The Balaban J connectivity index is 0.000000511. The molecule has 1 aromatic heterocycles. The number of aromatic nitrogens is 2. The zero-order valence-electron chi connectivity index (χ0n) is 14.1. The van der Waals surface area contributed by atoms with Crippen molar-refractivity contribution in [2.45, 2.75) is 31.9 Å². The van der Waals surface area contributed by atoms with E-state index in [1.165, 1.54) is 13.3 Å². The van der Waals surface area contributed by atoms with E-state index in [-0.39, 0.29) is 17.6 Å². The molecule has 0 aliphatic carbocycles. The Hall–Kier alpha value is -3.10. The fourth-order valence-electron chi connectivity index (χ4n) is 2.83. The maximum Gasteiger partial charge on any atom is 0.356 e. The molecule has 0 radical (unpaired) electrons. The van der Waals surface area contributed by atoms with Crippen LogP contribution in [0.4, 0.5) is 0 Å². The molecule has 2 aromatic rings. The predicted octanol–water partition coefficient (Wildman–Crippen LogP) is 2.47. The van der Waals surface area contributed by atoms with Crippen LogP contribution in [0.5, 0.6) is 5.75 Å². The molecule has 9 heteroatoms. The molecule has 0 fully saturated rings. The summed E-state index contributed by atoms with van der Waals surface area (Å²) in [5.41, 5.74) is 1.20. The fourth-order valence-corrected chi connectivity index (χ4v) is 2.83. The lowest BCUT2D eigenvalue weighted by Gasteiger charge is -2.38. The molecule has 25 heavy (non-hydrogen) atoms. The van der Waals surface area contributed by atoms with Crippen molar-refractivity contribution in [2.75, 3.05) is 7.11 Å². The van der Waals surface area contributed by atoms with Gasteiger partial charge in [0.15, 0.2) is 0 Å². The summed E-state index contributed by atoms with van der Waals surface area (Å²) in [7, 11) is 1.38. The van der Waals surface area contributed by atoms with Gasteiger partial charge in [0, 0.05) is 12.0 Å². The van der Waals surface area contributed by atoms with Crippen molar-refractivity contribution in [1.29, 1.82) is 0 Å². The molecule has 3 rings (SSSR count). The molecule has 1 aliphatic rings. The minimum atomic E-state index is -1.50. The Bertz CT molecular complexity index is 767. The van der Waals surface area contributed by atoms with E-state index in [2.05, 4.69) is 4.98 Å². The van der Waals surface area contributed by atoms with Crippen LogP contribution in [0.15, 0.2) is 36.8 Å². The average Bonchev–Trinajstić information content (AvgIpc) is 3.01. The summed E-state index contributed by atoms with van der Waals surface area (Å²) in [6, 6.07) is 7.91. The zero-order chi connectivity index (χ0) is 18.6. The van der Waals surface area contributed by atoms with Crippen LogP contribution < -0.4 is 4.74 Å². The van der Waals surface area contributed by atoms with Gasteiger partial charge in [-0.25, -0.2) is 9.78 Å². The van der Waals surface area contributed by atoms with Gasteiger partial charge in [-0.3, -0.25) is 0 Å². The quantitative estimate of drug-likeness (QED) is 0.503. The van der Waals surface area contributed by atoms with Crippen molar-refractivity contribution >= 4 is 5.97 Å². The molecule has 1 aliphatic heterocycles. The van der Waals surface area contributed by atoms with E-state index in [4.69, 9.17) is 24.8 Å². The second-order valence-corrected chi connectivity index (χ2v) is 6.04. The highest BCUT2D eigenvalue weighted by atomic mass is 16.9. The molecule has 9 nitrogen and oxygen atoms in total. The van der Waals surface area contributed by atoms with Crippen LogP contribution in [0, 0.1) is 10.1 Å². The standard InChI is InChI=1S/C16H18N2O3.HNO3/c1-16(2)8-12(11-6-4-5-7-14(11)21-16)18-10-17-9-13(18)15(19)20-3;2-1(3)4/h4-7,9-10,12H,8H2,1-3H3;(H,2,3,4). The number of carbonyl (C=O) groups excluding carboxylic acids is 1. The highest BCUT2D eigenvalue weighted by Gasteiger charge is 2.35. The molecular weight excluding hydrogens is 330 g/mol. The van der Waals surface area contributed by atoms with Gasteiger partial charge in [0.2, 0.25) is 0 Å². The first-order chi connectivity index (χ1) is 11.7. The van der Waals surface area contributed by atoms with Crippen molar-refractivity contribution < 1.29 is 24.6 Å². The molecule has 134 valence electrons. The largest absolute Gasteiger partial charge is 0.487 e. The summed E-state index contributed by atoms with van der Waals surface area (Å²) < 4.78 is 12.7. The topological polar surface area (TPSA) is 117 Å². The van der Waals surface area contributed by atoms with Crippen LogP contribution in [0.2, 0.25) is 0 Å². The van der Waals surface area contributed by atoms with Crippen molar-refractivity contribution in [3.8, 4) is 5.75 Å². The predicted molar refractivity (Wildman–Crippen MR) is 86.3 cm³/mol. The Morgan fingerprint density at radius 3 is 2.76 bits per heavy atom. The van der Waals surface area contributed by atoms with Crippen molar-refractivity contribution in [3.05, 3.63) is 58.2 Å². The second-order valence-electron chi connectivity index (χ2n) is 6.04. The molecule has 0 spiro atoms. The first-order valence-electron chi connectivity index (χ1n) is 7.46. The maximum atomic E-state index is 11.9. The number of imidazole rings is 1. The number of para-hydroxylation sites is 1. The summed E-state index contributed by atoms with van der Waals surface area (Å²) in [5, 5.41) is 13.6. The van der Waals surface area contributed by atoms with Crippen LogP contribution in [0.3, 0.4) is 0 Å². The summed E-state index contributed by atoms with van der Waals surface area (Å²) in [5.74, 6) is 0.470. The van der Waals surface area contributed by atoms with Crippen molar-refractivity contribution in [2.24, 2.45) is 0 Å². The van der Waals surface area contributed by atoms with Gasteiger partial charge in [-0.2, -0.15) is 0 Å². The Kier molecular flexibility index (Phi) is 5.26. The lowest BCUT2D eigenvalue weighted by molar-refractivity contribution is -0.742. The van der Waals surface area contributed by atoms with Crippen LogP contribution in [0.25, 0.3) is 0 Å². The number of hydrogen-bond acceptors (Lipinski definition) is 6. The molecule has 1 unspecified atom stereocenters. The normalized spacial score (nSPS) is 17.3. The molecule has 0 bridgehead atoms. The number of methoxy groups -OCH3 is 1. The smallest absolute Gasteiger partial charge is 0.356 e. The molecule has 1 aromatic carbocycles. The third-order valence-corrected chi connectivity index (χ3v) is 3.75. The third-order valence-electron chi connectivity index (χ3n) is 3.75. The van der Waals surface area contributed by atoms with Crippen LogP contribution in [0.1, 0.15) is 42.4 Å². The molecule has 1 atom stereocenters. The number of ether oxygens (including phenoxy) is 2. The highest BCUT2D eigenvalue weighted by Crippen LogP contribution is 2.41. The van der Waals surface area contributed by atoms with E-state index in [9.17, 15) is 4.79 Å². The number of hydrogen-bond donors (Lipinski definition) is 1. The fraction of sp³-hybridized carbons (Fsp3) is 0.375. The number of benzene rings is 1. The molecule has 1 N–H and O–H groups in total. The van der Waals surface area contributed by atoms with E-state index in [0.717, 1.165) is 17.7 Å². The average molecular weight is 349 g/mol. The van der Waals surface area contributed by atoms with E-state index in [1.807, 2.05) is 42.7 Å². The summed E-state index contributed by atoms with van der Waals surface area (Å²) in [6.07, 6.45) is 3.97. The van der Waals surface area contributed by atoms with Crippen molar-refractivity contribution in [1.82, 2.24) is 9.55 Å². The number of nitrogens with zero attached hydrogens (tertiary/aromatic N) is 3. The van der Waals surface area contributed by atoms with Gasteiger partial charge in [-0.15, -0.1) is 10.1 Å². The Labute approximate surface area is 143 Å². The van der Waals surface area contributed by atoms with E-state index >= 15 is 0 Å². The first-order valence-corrected chi connectivity index (χ1v) is 7.46. The number of carbonyl (C=O) groups is 1. The van der Waals surface area contributed by atoms with Crippen LogP contribution >= 0.6 is 0 Å². The van der Waals surface area contributed by atoms with Gasteiger partial charge < -0.3 is 19.2 Å². The van der Waals surface area contributed by atoms with Crippen LogP contribution in [-0.2, 0) is 4.74 Å². The molecular formula is C16H19N3O6. The minimum Gasteiger partial charge on any atom is -0.487 e. The Morgan fingerprint density at radius 2 is 2.12 bits per heavy atom. The zero-order valence-corrected chi connectivity index (χ0v) is 14.1. The Morgan fingerprint density at radius 1 is 1.48 bits per heavy atom. The SMILES string of the molecule is COC(=O)c1cncn1C1CC(C)(C)Oc2ccccc21.O=[N+]([O-])O. The lowest BCUT2D eigenvalue weighted by atomic mass is 9.89. The van der Waals surface area contributed by atoms with Crippen molar-refractivity contribution in [3.63, 3.8) is 0 Å². The van der Waals surface area contributed by atoms with E-state index in [0.29, 0.717) is 5.69 Å². The van der Waals surface area contributed by atoms with E-state index in [1.54, 1.807) is 6.33 Å². The summed E-state index contributed by atoms with van der Waals surface area (Å²) >= 11 is 0. The monoisotopic (exact) mass is 349 g/mol. The third kappa shape index (κ3) is 4.25. The van der Waals surface area contributed by atoms with Gasteiger partial charge in [-0.1, -0.05) is 18.2 Å². The number of fused-ring (bicyclic) bond motifs is 1. The highest BCUT2D eigenvalue weighted by molar-refractivity contribution is 5.87. The van der Waals surface area contributed by atoms with Gasteiger partial charge >= 0.3 is 5.97 Å². The second kappa shape index (κ2) is 7.20. The van der Waals surface area contributed by atoms with E-state index < -0.39 is 5.09 Å². The van der Waals surface area contributed by atoms with Gasteiger partial charge in [0.1, 0.15) is 17.0 Å². The molecule has 0 amide bonds. The maximum absolute atomic E-state index is 11.9. The molecule has 0 saturated heterocycles. The summed E-state index contributed by atoms with van der Waals surface area (Å²) in [4.78, 5) is 24.4. The molecule has 2 heterocycles. The van der Waals surface area contributed by atoms with Gasteiger partial charge in [0.05, 0.1) is 25.7 Å². The number of rotatable bonds is 2. The summed E-state index contributed by atoms with van der Waals surface area (Å²) in [6.45, 7) is 4.09. The lowest BCUT2D eigenvalue weighted by Crippen LogP contribution is -2.37. The molecule has 0 saturated carbocycles. The number of esters is 1. The van der Waals surface area contributed by atoms with Gasteiger partial charge in [0.25, 0.3) is 5.09 Å². The van der Waals surface area contributed by atoms with Gasteiger partial charge in [-0.05, 0) is 19.9 Å². The first kappa shape index (κ1) is 18.2.